The zero-order valence-electron chi connectivity index (χ0n) is 12.5. The maximum Gasteiger partial charge on any atom is 0.128 e. The minimum Gasteiger partial charge on any atom is -0.322 e. The van der Waals surface area contributed by atoms with E-state index in [2.05, 4.69) is 16.4 Å². The number of nitrogens with zero attached hydrogens (tertiary/aromatic N) is 3. The van der Waals surface area contributed by atoms with Gasteiger partial charge in [-0.2, -0.15) is 0 Å². The van der Waals surface area contributed by atoms with Crippen LogP contribution in [0.25, 0.3) is 11.0 Å². The predicted octanol–water partition coefficient (Wildman–Crippen LogP) is 4.65. The molecule has 3 nitrogen and oxygen atoms in total. The van der Waals surface area contributed by atoms with Gasteiger partial charge in [0.25, 0.3) is 0 Å². The number of hydrogen-bond acceptors (Lipinski definition) is 2. The number of likely N-dealkylation sites (N-methyl/N-ethyl adjacent to an activating group) is 1. The Kier molecular flexibility index (Phi) is 4.43. The SMILES string of the molecule is CCN1CCCC(n2c(C(C)Cl)nc3ccc(Cl)cc32)C1. The first kappa shape index (κ1) is 15.1. The Morgan fingerprint density at radius 1 is 1.43 bits per heavy atom. The quantitative estimate of drug-likeness (QED) is 0.766. The summed E-state index contributed by atoms with van der Waals surface area (Å²) in [6.07, 6.45) is 2.39. The van der Waals surface area contributed by atoms with Crippen molar-refractivity contribution in [2.45, 2.75) is 38.1 Å². The fourth-order valence-electron chi connectivity index (χ4n) is 3.28. The number of imidazole rings is 1. The Morgan fingerprint density at radius 2 is 2.24 bits per heavy atom. The van der Waals surface area contributed by atoms with Gasteiger partial charge in [0.1, 0.15) is 5.82 Å². The maximum atomic E-state index is 6.38. The molecule has 1 saturated heterocycles. The first-order chi connectivity index (χ1) is 10.1. The molecule has 2 heterocycles. The Bertz CT molecular complexity index is 636. The molecule has 21 heavy (non-hydrogen) atoms. The summed E-state index contributed by atoms with van der Waals surface area (Å²) in [7, 11) is 0. The molecule has 0 aliphatic carbocycles. The second-order valence-corrected chi connectivity index (χ2v) is 6.87. The maximum absolute atomic E-state index is 6.38. The van der Waals surface area contributed by atoms with E-state index < -0.39 is 0 Å². The highest BCUT2D eigenvalue weighted by atomic mass is 35.5. The number of alkyl halides is 1. The Morgan fingerprint density at radius 3 is 2.95 bits per heavy atom. The minimum atomic E-state index is -0.104. The lowest BCUT2D eigenvalue weighted by Gasteiger charge is -2.34. The molecular weight excluding hydrogens is 305 g/mol. The fraction of sp³-hybridized carbons (Fsp3) is 0.562. The van der Waals surface area contributed by atoms with E-state index in [1.807, 2.05) is 25.1 Å². The second kappa shape index (κ2) is 6.15. The van der Waals surface area contributed by atoms with E-state index in [1.54, 1.807) is 0 Å². The number of hydrogen-bond donors (Lipinski definition) is 0. The van der Waals surface area contributed by atoms with Crippen molar-refractivity contribution in [3.05, 3.63) is 29.0 Å². The van der Waals surface area contributed by atoms with Crippen molar-refractivity contribution in [3.8, 4) is 0 Å². The summed E-state index contributed by atoms with van der Waals surface area (Å²) in [4.78, 5) is 7.23. The van der Waals surface area contributed by atoms with Gasteiger partial charge in [0, 0.05) is 17.6 Å². The molecule has 0 bridgehead atoms. The highest BCUT2D eigenvalue weighted by Crippen LogP contribution is 2.33. The average Bonchev–Trinajstić information content (AvgIpc) is 2.86. The van der Waals surface area contributed by atoms with Gasteiger partial charge < -0.3 is 9.47 Å². The van der Waals surface area contributed by atoms with Crippen LogP contribution in [0, 0.1) is 0 Å². The van der Waals surface area contributed by atoms with E-state index in [0.29, 0.717) is 6.04 Å². The Balaban J connectivity index is 2.10. The molecule has 2 unspecified atom stereocenters. The van der Waals surface area contributed by atoms with Gasteiger partial charge in [-0.3, -0.25) is 0 Å². The molecule has 2 atom stereocenters. The van der Waals surface area contributed by atoms with Crippen LogP contribution in [0.4, 0.5) is 0 Å². The number of piperidine rings is 1. The van der Waals surface area contributed by atoms with Gasteiger partial charge in [0.15, 0.2) is 0 Å². The smallest absolute Gasteiger partial charge is 0.128 e. The summed E-state index contributed by atoms with van der Waals surface area (Å²) < 4.78 is 2.32. The summed E-state index contributed by atoms with van der Waals surface area (Å²) in [6.45, 7) is 7.55. The van der Waals surface area contributed by atoms with Crippen molar-refractivity contribution in [1.82, 2.24) is 14.5 Å². The summed E-state index contributed by atoms with van der Waals surface area (Å²) in [6, 6.07) is 6.32. The number of halogens is 2. The number of fused-ring (bicyclic) bond motifs is 1. The van der Waals surface area contributed by atoms with Crippen LogP contribution < -0.4 is 0 Å². The van der Waals surface area contributed by atoms with Crippen LogP contribution in [0.5, 0.6) is 0 Å². The summed E-state index contributed by atoms with van der Waals surface area (Å²) >= 11 is 12.6. The van der Waals surface area contributed by atoms with E-state index in [0.717, 1.165) is 35.0 Å². The molecule has 2 aromatic rings. The minimum absolute atomic E-state index is 0.104. The molecule has 3 rings (SSSR count). The Labute approximate surface area is 135 Å². The van der Waals surface area contributed by atoms with Crippen LogP contribution in [0.2, 0.25) is 5.02 Å². The van der Waals surface area contributed by atoms with Crippen molar-refractivity contribution < 1.29 is 0 Å². The van der Waals surface area contributed by atoms with E-state index in [-0.39, 0.29) is 5.38 Å². The molecule has 114 valence electrons. The molecule has 0 N–H and O–H groups in total. The Hall–Kier alpha value is -0.770. The third kappa shape index (κ3) is 2.92. The second-order valence-electron chi connectivity index (χ2n) is 5.78. The zero-order valence-corrected chi connectivity index (χ0v) is 14.0. The van der Waals surface area contributed by atoms with E-state index in [1.165, 1.54) is 19.4 Å². The molecule has 1 aromatic heterocycles. The lowest BCUT2D eigenvalue weighted by molar-refractivity contribution is 0.185. The first-order valence-corrected chi connectivity index (χ1v) is 8.45. The molecule has 0 saturated carbocycles. The van der Waals surface area contributed by atoms with Crippen LogP contribution in [0.3, 0.4) is 0 Å². The molecule has 1 aliphatic heterocycles. The summed E-state index contributed by atoms with van der Waals surface area (Å²) in [5.41, 5.74) is 2.09. The van der Waals surface area contributed by atoms with Crippen LogP contribution in [0.1, 0.15) is 43.9 Å². The van der Waals surface area contributed by atoms with Crippen molar-refractivity contribution in [3.63, 3.8) is 0 Å². The van der Waals surface area contributed by atoms with E-state index in [9.17, 15) is 0 Å². The van der Waals surface area contributed by atoms with Crippen LogP contribution >= 0.6 is 23.2 Å². The topological polar surface area (TPSA) is 21.1 Å². The number of aromatic nitrogens is 2. The van der Waals surface area contributed by atoms with Crippen molar-refractivity contribution in [2.24, 2.45) is 0 Å². The molecule has 1 aliphatic rings. The van der Waals surface area contributed by atoms with Crippen LogP contribution in [-0.2, 0) is 0 Å². The number of likely N-dealkylation sites (tertiary alicyclic amines) is 1. The van der Waals surface area contributed by atoms with Crippen molar-refractivity contribution in [1.29, 1.82) is 0 Å². The molecule has 0 amide bonds. The first-order valence-electron chi connectivity index (χ1n) is 7.64. The highest BCUT2D eigenvalue weighted by Gasteiger charge is 2.26. The largest absolute Gasteiger partial charge is 0.322 e. The van der Waals surface area contributed by atoms with Gasteiger partial charge in [-0.25, -0.2) is 4.98 Å². The monoisotopic (exact) mass is 325 g/mol. The van der Waals surface area contributed by atoms with Crippen LogP contribution in [-0.4, -0.2) is 34.1 Å². The lowest BCUT2D eigenvalue weighted by Crippen LogP contribution is -2.36. The van der Waals surface area contributed by atoms with Gasteiger partial charge >= 0.3 is 0 Å². The van der Waals surface area contributed by atoms with Crippen molar-refractivity contribution in [2.75, 3.05) is 19.6 Å². The van der Waals surface area contributed by atoms with Crippen molar-refractivity contribution >= 4 is 34.2 Å². The van der Waals surface area contributed by atoms with Gasteiger partial charge in [-0.1, -0.05) is 18.5 Å². The highest BCUT2D eigenvalue weighted by molar-refractivity contribution is 6.31. The predicted molar refractivity (Wildman–Crippen MR) is 89.4 cm³/mol. The molecule has 1 aromatic carbocycles. The van der Waals surface area contributed by atoms with E-state index in [4.69, 9.17) is 28.2 Å². The number of benzene rings is 1. The normalized spacial score (nSPS) is 21.8. The standard InChI is InChI=1S/C16H21Cl2N3/c1-3-20-8-4-5-13(10-20)21-15-9-12(18)6-7-14(15)19-16(21)11(2)17/h6-7,9,11,13H,3-5,8,10H2,1-2H3. The lowest BCUT2D eigenvalue weighted by atomic mass is 10.0. The molecule has 0 radical (unpaired) electrons. The molecule has 1 fully saturated rings. The van der Waals surface area contributed by atoms with E-state index >= 15 is 0 Å². The molecule has 0 spiro atoms. The summed E-state index contributed by atoms with van der Waals surface area (Å²) in [5.74, 6) is 0.955. The summed E-state index contributed by atoms with van der Waals surface area (Å²) in [5, 5.41) is 0.647. The third-order valence-corrected chi connectivity index (χ3v) is 4.76. The van der Waals surface area contributed by atoms with Gasteiger partial charge in [0.05, 0.1) is 16.4 Å². The van der Waals surface area contributed by atoms with Gasteiger partial charge in [-0.05, 0) is 51.1 Å². The number of rotatable bonds is 3. The molecule has 5 heteroatoms. The van der Waals surface area contributed by atoms with Gasteiger partial charge in [-0.15, -0.1) is 11.6 Å². The fourth-order valence-corrected chi connectivity index (χ4v) is 3.60. The van der Waals surface area contributed by atoms with Gasteiger partial charge in [0.2, 0.25) is 0 Å². The third-order valence-electron chi connectivity index (χ3n) is 4.33. The van der Waals surface area contributed by atoms with Crippen LogP contribution in [0.15, 0.2) is 18.2 Å². The average molecular weight is 326 g/mol. The molecular formula is C16H21Cl2N3. The zero-order chi connectivity index (χ0) is 15.0.